The Morgan fingerprint density at radius 3 is 1.14 bits per heavy atom. The zero-order valence-corrected chi connectivity index (χ0v) is 11.4. The van der Waals surface area contributed by atoms with E-state index in [-0.39, 0.29) is 0 Å². The normalized spacial score (nSPS) is 8.29. The molecule has 0 atom stereocenters. The number of rotatable bonds is 0. The largest absolute Gasteiger partial charge is 0.427 e. The van der Waals surface area contributed by atoms with E-state index in [0.717, 1.165) is 0 Å². The summed E-state index contributed by atoms with van der Waals surface area (Å²) in [5.74, 6) is 0. The molecule has 0 fully saturated rings. The van der Waals surface area contributed by atoms with E-state index in [1.165, 1.54) is 0 Å². The summed E-state index contributed by atoms with van der Waals surface area (Å²) in [6.07, 6.45) is 0. The van der Waals surface area contributed by atoms with Crippen molar-refractivity contribution in [3.05, 3.63) is 0 Å². The summed E-state index contributed by atoms with van der Waals surface area (Å²) < 4.78 is 25.7. The molecule has 0 rings (SSSR count). The van der Waals surface area contributed by atoms with Gasteiger partial charge in [-0.2, -0.15) is 0 Å². The van der Waals surface area contributed by atoms with E-state index in [0.29, 0.717) is 13.3 Å². The van der Waals surface area contributed by atoms with Crippen molar-refractivity contribution in [2.24, 2.45) is 0 Å². The van der Waals surface area contributed by atoms with Crippen molar-refractivity contribution in [3.63, 3.8) is 0 Å². The molecule has 0 heterocycles. The van der Waals surface area contributed by atoms with Crippen molar-refractivity contribution in [1.82, 2.24) is 0 Å². The molecule has 0 unspecified atom stereocenters. The Hall–Kier alpha value is 2.80. The van der Waals surface area contributed by atoms with Gasteiger partial charge in [-0.05, 0) is 0 Å². The first-order valence-electron chi connectivity index (χ1n) is 0.749. The van der Waals surface area contributed by atoms with E-state index in [4.69, 9.17) is 10.3 Å². The average molecular weight is 556 g/mol. The second-order valence-electron chi connectivity index (χ2n) is 0.243. The van der Waals surface area contributed by atoms with Crippen LogP contribution in [0.15, 0.2) is 0 Å². The minimum atomic E-state index is -4.01. The fraction of sp³-hybridized carbons (Fsp3) is 0. The fourth-order valence-electron chi connectivity index (χ4n) is 0. The smallest absolute Gasteiger partial charge is 0.282 e. The Balaban J connectivity index is 0. The summed E-state index contributed by atoms with van der Waals surface area (Å²) in [6.45, 7) is 0. The van der Waals surface area contributed by atoms with Crippen LogP contribution in [0.4, 0.5) is 0 Å². The van der Waals surface area contributed by atoms with Crippen LogP contribution >= 0.6 is 37.2 Å². The van der Waals surface area contributed by atoms with Gasteiger partial charge >= 0.3 is 50.5 Å². The van der Waals surface area contributed by atoms with Crippen LogP contribution < -0.4 is 44.6 Å². The van der Waals surface area contributed by atoms with Gasteiger partial charge in [0, 0.05) is 0 Å². The molecule has 0 aliphatic heterocycles. The molecule has 0 saturated heterocycles. The van der Waals surface area contributed by atoms with Crippen LogP contribution in [0.1, 0.15) is 0 Å². The number of halogens is 4. The summed E-state index contributed by atoms with van der Waals surface area (Å²) in [4.78, 5) is 0. The van der Waals surface area contributed by atoms with Gasteiger partial charge in [0.15, 0.2) is 0 Å². The molecule has 0 aromatic carbocycles. The molecule has 0 aliphatic carbocycles. The molecule has 0 radical (unpaired) electrons. The van der Waals surface area contributed by atoms with Crippen LogP contribution in [0.25, 0.3) is 0 Å². The molecule has 0 bridgehead atoms. The van der Waals surface area contributed by atoms with Gasteiger partial charge < -0.3 is 10.3 Å². The molecular weight excluding hydrogens is 556 g/mol. The van der Waals surface area contributed by atoms with Gasteiger partial charge in [0.25, 0.3) is 21.1 Å². The maximum Gasteiger partial charge on any atom is 0.282 e. The van der Waals surface area contributed by atoms with Crippen LogP contribution in [0.3, 0.4) is 0 Å². The van der Waals surface area contributed by atoms with Crippen molar-refractivity contribution in [1.29, 1.82) is 0 Å². The summed E-state index contributed by atoms with van der Waals surface area (Å²) in [5.41, 5.74) is 0. The van der Waals surface area contributed by atoms with Crippen molar-refractivity contribution >= 4 is 37.2 Å². The molecule has 0 aliphatic rings. The first-order valence-corrected chi connectivity index (χ1v) is 16.0. The Labute approximate surface area is 79.9 Å². The third-order valence-electron chi connectivity index (χ3n) is 0. The SMILES string of the molecule is I[I-]I.[O-][I+2]([O-])[O-]. The number of hydrogen-bond donors (Lipinski definition) is 0. The molecule has 0 aromatic rings. The standard InChI is InChI=1S/I3.IO3/c1-3-2;2-1(3)4/q2*-1. The third kappa shape index (κ3) is 51.9. The maximum atomic E-state index is 8.57. The van der Waals surface area contributed by atoms with Gasteiger partial charge in [-0.3, -0.25) is 0 Å². The van der Waals surface area contributed by atoms with Crippen molar-refractivity contribution in [2.75, 3.05) is 0 Å². The molecule has 0 aromatic heterocycles. The summed E-state index contributed by atoms with van der Waals surface area (Å²) in [5, 5.41) is 0. The van der Waals surface area contributed by atoms with Crippen molar-refractivity contribution < 1.29 is 44.6 Å². The van der Waals surface area contributed by atoms with Gasteiger partial charge in [-0.1, -0.05) is 0 Å². The van der Waals surface area contributed by atoms with Crippen LogP contribution in [-0.2, 0) is 0 Å². The summed E-state index contributed by atoms with van der Waals surface area (Å²) in [6, 6.07) is 0. The molecule has 3 nitrogen and oxygen atoms in total. The predicted octanol–water partition coefficient (Wildman–Crippen LogP) is -7.79. The molecular formula is I4O3-2. The summed E-state index contributed by atoms with van der Waals surface area (Å²) >= 11 is 1.29. The Morgan fingerprint density at radius 2 is 1.14 bits per heavy atom. The van der Waals surface area contributed by atoms with Crippen LogP contribution in [0.2, 0.25) is 0 Å². The van der Waals surface area contributed by atoms with Gasteiger partial charge in [0.05, 0.1) is 0 Å². The minimum Gasteiger partial charge on any atom is -0.427 e. The van der Waals surface area contributed by atoms with Crippen LogP contribution in [-0.4, -0.2) is 0 Å². The molecule has 0 saturated carbocycles. The van der Waals surface area contributed by atoms with Gasteiger partial charge in [0.1, 0.15) is 0 Å². The molecule has 0 amide bonds. The summed E-state index contributed by atoms with van der Waals surface area (Å²) in [7, 11) is 0. The molecule has 7 heavy (non-hydrogen) atoms. The molecule has 0 N–H and O–H groups in total. The topological polar surface area (TPSA) is 69.2 Å². The molecule has 7 heteroatoms. The molecule has 48 valence electrons. The van der Waals surface area contributed by atoms with E-state index >= 15 is 0 Å². The monoisotopic (exact) mass is 556 g/mol. The van der Waals surface area contributed by atoms with E-state index in [9.17, 15) is 0 Å². The first-order chi connectivity index (χ1) is 3.15. The fourth-order valence-corrected chi connectivity index (χ4v) is 0. The van der Waals surface area contributed by atoms with E-state index < -0.39 is 21.1 Å². The van der Waals surface area contributed by atoms with Crippen LogP contribution in [0, 0.1) is 0 Å². The Kier molecular flexibility index (Phi) is 20.6. The Bertz CT molecular complexity index is 18.1. The maximum absolute atomic E-state index is 8.57. The van der Waals surface area contributed by atoms with Gasteiger partial charge in [-0.15, -0.1) is 0 Å². The quantitative estimate of drug-likeness (QED) is 0.279. The van der Waals surface area contributed by atoms with Gasteiger partial charge in [0.2, 0.25) is 0 Å². The average Bonchev–Trinajstić information content (AvgIpc) is 1.33. The second kappa shape index (κ2) is 11.6. The van der Waals surface area contributed by atoms with Crippen LogP contribution in [0.5, 0.6) is 0 Å². The first kappa shape index (κ1) is 12.5. The van der Waals surface area contributed by atoms with Crippen molar-refractivity contribution in [2.45, 2.75) is 0 Å². The Morgan fingerprint density at radius 1 is 1.14 bits per heavy atom. The minimum absolute atomic E-state index is 0.530. The van der Waals surface area contributed by atoms with E-state index in [1.54, 1.807) is 0 Å². The van der Waals surface area contributed by atoms with Gasteiger partial charge in [-0.25, -0.2) is 0 Å². The van der Waals surface area contributed by atoms with E-state index in [2.05, 4.69) is 37.2 Å². The predicted molar refractivity (Wildman–Crippen MR) is 28.0 cm³/mol. The second-order valence-corrected chi connectivity index (χ2v) is 17.6. The van der Waals surface area contributed by atoms with E-state index in [1.807, 2.05) is 0 Å². The molecule has 0 spiro atoms. The zero-order chi connectivity index (χ0) is 6.28. The zero-order valence-electron chi connectivity index (χ0n) is 2.74. The number of hydrogen-bond acceptors (Lipinski definition) is 3. The van der Waals surface area contributed by atoms with Crippen molar-refractivity contribution in [3.8, 4) is 0 Å². The third-order valence-corrected chi connectivity index (χ3v) is 0.